The second-order valence-electron chi connectivity index (χ2n) is 6.27. The molecular weight excluding hydrogens is 306 g/mol. The van der Waals surface area contributed by atoms with Crippen LogP contribution >= 0.6 is 11.3 Å². The molecule has 23 heavy (non-hydrogen) atoms. The summed E-state index contributed by atoms with van der Waals surface area (Å²) in [5, 5.41) is 3.30. The molecule has 0 amide bonds. The predicted octanol–water partition coefficient (Wildman–Crippen LogP) is 2.77. The smallest absolute Gasteiger partial charge is 0.173 e. The minimum absolute atomic E-state index is 0.854. The van der Waals surface area contributed by atoms with Gasteiger partial charge in [0.1, 0.15) is 0 Å². The van der Waals surface area contributed by atoms with Crippen LogP contribution in [0.5, 0.6) is 0 Å². The Balaban J connectivity index is 1.48. The Morgan fingerprint density at radius 3 is 2.96 bits per heavy atom. The molecule has 2 aliphatic rings. The highest BCUT2D eigenvalue weighted by Gasteiger charge is 2.20. The minimum Gasteiger partial charge on any atom is -0.293 e. The highest BCUT2D eigenvalue weighted by atomic mass is 32.1. The summed E-state index contributed by atoms with van der Waals surface area (Å²) in [6.07, 6.45) is 6.42. The maximum Gasteiger partial charge on any atom is 0.173 e. The first-order chi connectivity index (χ1) is 11.3. The van der Waals surface area contributed by atoms with Crippen LogP contribution in [0.2, 0.25) is 0 Å². The van der Waals surface area contributed by atoms with Gasteiger partial charge in [-0.15, -0.1) is 11.3 Å². The van der Waals surface area contributed by atoms with E-state index in [4.69, 9.17) is 4.98 Å². The van der Waals surface area contributed by atoms with Crippen molar-refractivity contribution in [3.8, 4) is 0 Å². The van der Waals surface area contributed by atoms with Gasteiger partial charge in [0.15, 0.2) is 5.82 Å². The van der Waals surface area contributed by atoms with Gasteiger partial charge in [0.2, 0.25) is 0 Å². The number of fused-ring (bicyclic) bond motifs is 1. The van der Waals surface area contributed by atoms with Crippen LogP contribution in [0.1, 0.15) is 47.0 Å². The molecule has 2 aliphatic heterocycles. The summed E-state index contributed by atoms with van der Waals surface area (Å²) in [4.78, 5) is 21.0. The first kappa shape index (κ1) is 14.9. The molecule has 6 heteroatoms. The molecule has 0 spiro atoms. The Labute approximate surface area is 140 Å². The first-order valence-electron chi connectivity index (χ1n) is 8.30. The van der Waals surface area contributed by atoms with Gasteiger partial charge in [0.05, 0.1) is 22.1 Å². The lowest BCUT2D eigenvalue weighted by molar-refractivity contribution is 0.240. The molecule has 0 bridgehead atoms. The molecule has 0 unspecified atom stereocenters. The van der Waals surface area contributed by atoms with Crippen molar-refractivity contribution in [3.05, 3.63) is 39.4 Å². The summed E-state index contributed by atoms with van der Waals surface area (Å²) in [7, 11) is 0. The fourth-order valence-electron chi connectivity index (χ4n) is 3.24. The van der Waals surface area contributed by atoms with Crippen molar-refractivity contribution in [3.63, 3.8) is 0 Å². The SMILES string of the molecule is Cc1nc(CN2CCc3nc(C4=NCCCC4)ncc3C2)cs1. The number of hydrogen-bond acceptors (Lipinski definition) is 6. The largest absolute Gasteiger partial charge is 0.293 e. The van der Waals surface area contributed by atoms with E-state index < -0.39 is 0 Å². The topological polar surface area (TPSA) is 54.3 Å². The molecule has 0 N–H and O–H groups in total. The average Bonchev–Trinajstić information content (AvgIpc) is 3.00. The third kappa shape index (κ3) is 3.33. The molecule has 0 radical (unpaired) electrons. The van der Waals surface area contributed by atoms with Gasteiger partial charge >= 0.3 is 0 Å². The lowest BCUT2D eigenvalue weighted by Gasteiger charge is -2.27. The van der Waals surface area contributed by atoms with Crippen molar-refractivity contribution in [2.24, 2.45) is 4.99 Å². The fourth-order valence-corrected chi connectivity index (χ4v) is 3.84. The van der Waals surface area contributed by atoms with Gasteiger partial charge in [0.25, 0.3) is 0 Å². The maximum atomic E-state index is 4.80. The van der Waals surface area contributed by atoms with E-state index in [-0.39, 0.29) is 0 Å². The molecular formula is C17H21N5S. The normalized spacial score (nSPS) is 18.6. The number of thiazole rings is 1. The van der Waals surface area contributed by atoms with Crippen molar-refractivity contribution in [1.29, 1.82) is 0 Å². The fraction of sp³-hybridized carbons (Fsp3) is 0.529. The first-order valence-corrected chi connectivity index (χ1v) is 9.18. The molecule has 4 rings (SSSR count). The number of hydrogen-bond donors (Lipinski definition) is 0. The van der Waals surface area contributed by atoms with E-state index >= 15 is 0 Å². The maximum absolute atomic E-state index is 4.80. The summed E-state index contributed by atoms with van der Waals surface area (Å²) in [5.41, 5.74) is 4.72. The van der Waals surface area contributed by atoms with E-state index in [2.05, 4.69) is 32.2 Å². The van der Waals surface area contributed by atoms with E-state index in [1.165, 1.54) is 29.8 Å². The van der Waals surface area contributed by atoms with Crippen molar-refractivity contribution < 1.29 is 0 Å². The van der Waals surface area contributed by atoms with Gasteiger partial charge in [-0.1, -0.05) is 0 Å². The second-order valence-corrected chi connectivity index (χ2v) is 7.33. The van der Waals surface area contributed by atoms with Crippen LogP contribution in [0.25, 0.3) is 0 Å². The van der Waals surface area contributed by atoms with Crippen molar-refractivity contribution in [1.82, 2.24) is 19.9 Å². The molecule has 5 nitrogen and oxygen atoms in total. The van der Waals surface area contributed by atoms with Crippen LogP contribution in [-0.4, -0.2) is 38.7 Å². The van der Waals surface area contributed by atoms with Gasteiger partial charge in [-0.25, -0.2) is 15.0 Å². The summed E-state index contributed by atoms with van der Waals surface area (Å²) >= 11 is 1.72. The second kappa shape index (κ2) is 6.45. The molecule has 0 fully saturated rings. The number of aliphatic imine (C=N–C) groups is 1. The van der Waals surface area contributed by atoms with Crippen LogP contribution in [0.4, 0.5) is 0 Å². The summed E-state index contributed by atoms with van der Waals surface area (Å²) in [6, 6.07) is 0. The lowest BCUT2D eigenvalue weighted by atomic mass is 10.1. The Hall–Kier alpha value is -1.66. The molecule has 0 atom stereocenters. The van der Waals surface area contributed by atoms with Crippen LogP contribution in [-0.2, 0) is 19.5 Å². The van der Waals surface area contributed by atoms with E-state index in [0.29, 0.717) is 0 Å². The molecule has 2 aromatic rings. The molecule has 0 aromatic carbocycles. The molecule has 0 saturated carbocycles. The number of aryl methyl sites for hydroxylation is 1. The van der Waals surface area contributed by atoms with Crippen molar-refractivity contribution >= 4 is 17.0 Å². The van der Waals surface area contributed by atoms with Gasteiger partial charge in [-0.2, -0.15) is 0 Å². The molecule has 120 valence electrons. The summed E-state index contributed by atoms with van der Waals surface area (Å²) in [6.45, 7) is 5.85. The van der Waals surface area contributed by atoms with Gasteiger partial charge in [-0.05, 0) is 26.2 Å². The van der Waals surface area contributed by atoms with E-state index in [1.807, 2.05) is 6.20 Å². The lowest BCUT2D eigenvalue weighted by Crippen LogP contribution is -2.31. The third-order valence-electron chi connectivity index (χ3n) is 4.45. The van der Waals surface area contributed by atoms with E-state index in [1.54, 1.807) is 11.3 Å². The van der Waals surface area contributed by atoms with Crippen molar-refractivity contribution in [2.75, 3.05) is 13.1 Å². The Morgan fingerprint density at radius 1 is 1.22 bits per heavy atom. The van der Waals surface area contributed by atoms with Gasteiger partial charge in [0, 0.05) is 49.7 Å². The zero-order chi connectivity index (χ0) is 15.6. The standard InChI is InChI=1S/C17H21N5S/c1-12-20-14(11-23-12)10-22-7-5-15-13(9-22)8-19-17(21-15)16-4-2-3-6-18-16/h8,11H,2-7,9-10H2,1H3. The Kier molecular flexibility index (Phi) is 4.18. The average molecular weight is 327 g/mol. The number of nitrogens with zero attached hydrogens (tertiary/aromatic N) is 5. The quantitative estimate of drug-likeness (QED) is 0.870. The zero-order valence-electron chi connectivity index (χ0n) is 13.5. The third-order valence-corrected chi connectivity index (χ3v) is 5.27. The van der Waals surface area contributed by atoms with Crippen LogP contribution in [0, 0.1) is 6.92 Å². The Morgan fingerprint density at radius 2 is 2.17 bits per heavy atom. The number of rotatable bonds is 3. The molecule has 0 saturated heterocycles. The monoisotopic (exact) mass is 327 g/mol. The zero-order valence-corrected chi connectivity index (χ0v) is 14.3. The van der Waals surface area contributed by atoms with Gasteiger partial charge < -0.3 is 0 Å². The summed E-state index contributed by atoms with van der Waals surface area (Å²) in [5.74, 6) is 0.854. The van der Waals surface area contributed by atoms with Crippen molar-refractivity contribution in [2.45, 2.75) is 45.7 Å². The van der Waals surface area contributed by atoms with Crippen LogP contribution in [0.15, 0.2) is 16.6 Å². The number of aromatic nitrogens is 3. The van der Waals surface area contributed by atoms with E-state index in [9.17, 15) is 0 Å². The van der Waals surface area contributed by atoms with Crippen LogP contribution in [0.3, 0.4) is 0 Å². The van der Waals surface area contributed by atoms with Gasteiger partial charge in [-0.3, -0.25) is 9.89 Å². The highest BCUT2D eigenvalue weighted by Crippen LogP contribution is 2.20. The Bertz CT molecular complexity index is 736. The molecule has 0 aliphatic carbocycles. The molecule has 4 heterocycles. The highest BCUT2D eigenvalue weighted by molar-refractivity contribution is 7.09. The van der Waals surface area contributed by atoms with E-state index in [0.717, 1.165) is 55.6 Å². The summed E-state index contributed by atoms with van der Waals surface area (Å²) < 4.78 is 0. The van der Waals surface area contributed by atoms with Crippen LogP contribution < -0.4 is 0 Å². The predicted molar refractivity (Wildman–Crippen MR) is 92.0 cm³/mol. The minimum atomic E-state index is 0.854. The molecule has 2 aromatic heterocycles.